The molecule has 1 saturated carbocycles. The van der Waals surface area contributed by atoms with Crippen LogP contribution in [0.15, 0.2) is 0 Å². The third-order valence-corrected chi connectivity index (χ3v) is 7.65. The molecule has 1 amide bonds. The third-order valence-electron chi connectivity index (χ3n) is 6.12. The number of carbonyl (C=O) groups excluding carboxylic acids is 1. The van der Waals surface area contributed by atoms with Crippen LogP contribution in [-0.2, 0) is 19.7 Å². The summed E-state index contributed by atoms with van der Waals surface area (Å²) < 4.78 is 41.1. The molecule has 1 aliphatic heterocycles. The highest BCUT2D eigenvalue weighted by molar-refractivity contribution is 7.87. The highest BCUT2D eigenvalue weighted by atomic mass is 32.2. The largest absolute Gasteiger partial charge is 0.444 e. The molecule has 1 unspecified atom stereocenters. The van der Waals surface area contributed by atoms with Crippen molar-refractivity contribution in [2.75, 3.05) is 20.1 Å². The van der Waals surface area contributed by atoms with Crippen molar-refractivity contribution in [3.8, 4) is 0 Å². The second-order valence-corrected chi connectivity index (χ2v) is 12.2. The molecule has 8 nitrogen and oxygen atoms in total. The molecule has 1 saturated heterocycles. The van der Waals surface area contributed by atoms with E-state index in [0.29, 0.717) is 18.9 Å². The van der Waals surface area contributed by atoms with Crippen LogP contribution in [0, 0.1) is 5.92 Å². The Bertz CT molecular complexity index is 698. The fourth-order valence-corrected chi connectivity index (χ4v) is 5.83. The standard InChI is InChI=1S/C22H43N3O5S/c1-8-14-24(31(27,28)23-7)16-19-18(15-17-12-10-9-11-13-17)25(22(5,6)29-19)20(26)30-21(2,3)4/h17-19,23H,8-16H2,1-7H3/t18-,19?/m1/s1. The Balaban J connectivity index is 2.34. The van der Waals surface area contributed by atoms with Gasteiger partial charge in [0.25, 0.3) is 10.2 Å². The zero-order valence-electron chi connectivity index (χ0n) is 20.4. The van der Waals surface area contributed by atoms with Gasteiger partial charge in [-0.2, -0.15) is 12.7 Å². The van der Waals surface area contributed by atoms with Gasteiger partial charge in [0.1, 0.15) is 11.3 Å². The molecule has 2 rings (SSSR count). The van der Waals surface area contributed by atoms with Crippen molar-refractivity contribution >= 4 is 16.3 Å². The summed E-state index contributed by atoms with van der Waals surface area (Å²) in [5, 5.41) is 0. The predicted molar refractivity (Wildman–Crippen MR) is 122 cm³/mol. The molecule has 9 heteroatoms. The number of nitrogens with one attached hydrogen (secondary N) is 1. The van der Waals surface area contributed by atoms with Gasteiger partial charge in [-0.1, -0.05) is 39.0 Å². The number of nitrogens with zero attached hydrogens (tertiary/aromatic N) is 2. The molecule has 1 aliphatic carbocycles. The maximum Gasteiger partial charge on any atom is 0.412 e. The van der Waals surface area contributed by atoms with Gasteiger partial charge in [-0.3, -0.25) is 4.90 Å². The van der Waals surface area contributed by atoms with Crippen LogP contribution < -0.4 is 4.72 Å². The second kappa shape index (κ2) is 10.4. The molecule has 0 radical (unpaired) electrons. The Morgan fingerprint density at radius 3 is 2.35 bits per heavy atom. The lowest BCUT2D eigenvalue weighted by Gasteiger charge is -2.37. The molecule has 2 fully saturated rings. The van der Waals surface area contributed by atoms with Gasteiger partial charge in [0, 0.05) is 20.1 Å². The maximum atomic E-state index is 13.2. The molecule has 1 heterocycles. The Morgan fingerprint density at radius 2 is 1.84 bits per heavy atom. The summed E-state index contributed by atoms with van der Waals surface area (Å²) >= 11 is 0. The lowest BCUT2D eigenvalue weighted by Crippen LogP contribution is -2.52. The summed E-state index contributed by atoms with van der Waals surface area (Å²) in [5.74, 6) is 0.504. The molecule has 182 valence electrons. The van der Waals surface area contributed by atoms with Crippen LogP contribution in [0.1, 0.15) is 86.5 Å². The molecule has 31 heavy (non-hydrogen) atoms. The van der Waals surface area contributed by atoms with E-state index >= 15 is 0 Å². The molecule has 2 aliphatic rings. The van der Waals surface area contributed by atoms with E-state index < -0.39 is 33.7 Å². The summed E-state index contributed by atoms with van der Waals surface area (Å²) in [5.41, 5.74) is -1.50. The van der Waals surface area contributed by atoms with Crippen LogP contribution in [0.3, 0.4) is 0 Å². The van der Waals surface area contributed by atoms with Gasteiger partial charge in [-0.15, -0.1) is 0 Å². The maximum absolute atomic E-state index is 13.2. The first-order chi connectivity index (χ1) is 14.3. The SMILES string of the molecule is CCCN(CC1OC(C)(C)N(C(=O)OC(C)(C)C)[C@@H]1CC1CCCCC1)S(=O)(=O)NC. The summed E-state index contributed by atoms with van der Waals surface area (Å²) in [6, 6.07) is -0.237. The average Bonchev–Trinajstić information content (AvgIpc) is 2.90. The minimum atomic E-state index is -3.60. The number of hydrogen-bond donors (Lipinski definition) is 1. The van der Waals surface area contributed by atoms with Crippen molar-refractivity contribution in [1.29, 1.82) is 0 Å². The van der Waals surface area contributed by atoms with Gasteiger partial charge >= 0.3 is 6.09 Å². The fourth-order valence-electron chi connectivity index (χ4n) is 4.81. The number of carbonyl (C=O) groups is 1. The molecule has 0 aromatic carbocycles. The summed E-state index contributed by atoms with van der Waals surface area (Å²) in [4.78, 5) is 14.9. The average molecular weight is 462 g/mol. The van der Waals surface area contributed by atoms with E-state index in [1.54, 1.807) is 4.90 Å². The quantitative estimate of drug-likeness (QED) is 0.593. The first-order valence-electron chi connectivity index (χ1n) is 11.7. The van der Waals surface area contributed by atoms with E-state index in [1.807, 2.05) is 41.5 Å². The minimum Gasteiger partial charge on any atom is -0.444 e. The van der Waals surface area contributed by atoms with Crippen molar-refractivity contribution in [3.63, 3.8) is 0 Å². The van der Waals surface area contributed by atoms with Crippen LogP contribution >= 0.6 is 0 Å². The van der Waals surface area contributed by atoms with Crippen molar-refractivity contribution < 1.29 is 22.7 Å². The number of ether oxygens (including phenoxy) is 2. The topological polar surface area (TPSA) is 88.2 Å². The zero-order chi connectivity index (χ0) is 23.4. The zero-order valence-corrected chi connectivity index (χ0v) is 21.3. The Kier molecular flexibility index (Phi) is 8.81. The first-order valence-corrected chi connectivity index (χ1v) is 13.1. The van der Waals surface area contributed by atoms with E-state index in [1.165, 1.54) is 30.6 Å². The van der Waals surface area contributed by atoms with Gasteiger partial charge in [0.05, 0.1) is 12.1 Å². The van der Waals surface area contributed by atoms with Crippen LogP contribution in [0.4, 0.5) is 4.79 Å². The Hall–Kier alpha value is -0.900. The molecule has 0 bridgehead atoms. The summed E-state index contributed by atoms with van der Waals surface area (Å²) in [6.07, 6.45) is 6.61. The first kappa shape index (κ1) is 26.4. The van der Waals surface area contributed by atoms with E-state index in [2.05, 4.69) is 4.72 Å². The van der Waals surface area contributed by atoms with Gasteiger partial charge in [0.15, 0.2) is 0 Å². The third kappa shape index (κ3) is 7.04. The fraction of sp³-hybridized carbons (Fsp3) is 0.955. The molecule has 0 spiro atoms. The Morgan fingerprint density at radius 1 is 1.23 bits per heavy atom. The molecular weight excluding hydrogens is 418 g/mol. The monoisotopic (exact) mass is 461 g/mol. The van der Waals surface area contributed by atoms with Gasteiger partial charge in [-0.25, -0.2) is 9.52 Å². The van der Waals surface area contributed by atoms with Gasteiger partial charge in [0.2, 0.25) is 0 Å². The van der Waals surface area contributed by atoms with Gasteiger partial charge < -0.3 is 9.47 Å². The number of amides is 1. The van der Waals surface area contributed by atoms with Crippen molar-refractivity contribution in [2.45, 2.75) is 110 Å². The van der Waals surface area contributed by atoms with Crippen LogP contribution in [0.5, 0.6) is 0 Å². The lowest BCUT2D eigenvalue weighted by atomic mass is 9.83. The summed E-state index contributed by atoms with van der Waals surface area (Å²) in [6.45, 7) is 11.8. The highest BCUT2D eigenvalue weighted by Crippen LogP contribution is 2.39. The minimum absolute atomic E-state index is 0.205. The second-order valence-electron chi connectivity index (χ2n) is 10.3. The number of hydrogen-bond acceptors (Lipinski definition) is 5. The molecule has 0 aromatic heterocycles. The smallest absolute Gasteiger partial charge is 0.412 e. The van der Waals surface area contributed by atoms with E-state index in [4.69, 9.17) is 9.47 Å². The van der Waals surface area contributed by atoms with Crippen molar-refractivity contribution in [2.24, 2.45) is 5.92 Å². The normalized spacial score (nSPS) is 25.2. The summed E-state index contributed by atoms with van der Waals surface area (Å²) in [7, 11) is -2.18. The Labute approximate surface area is 189 Å². The van der Waals surface area contributed by atoms with Crippen LogP contribution in [0.25, 0.3) is 0 Å². The van der Waals surface area contributed by atoms with Gasteiger partial charge in [-0.05, 0) is 53.4 Å². The highest BCUT2D eigenvalue weighted by Gasteiger charge is 2.52. The number of rotatable bonds is 8. The van der Waals surface area contributed by atoms with Crippen molar-refractivity contribution in [3.05, 3.63) is 0 Å². The molecule has 0 aromatic rings. The lowest BCUT2D eigenvalue weighted by molar-refractivity contribution is -0.0807. The van der Waals surface area contributed by atoms with Crippen LogP contribution in [0.2, 0.25) is 0 Å². The van der Waals surface area contributed by atoms with E-state index in [9.17, 15) is 13.2 Å². The van der Waals surface area contributed by atoms with Crippen LogP contribution in [-0.4, -0.2) is 67.3 Å². The molecule has 2 atom stereocenters. The molecule has 1 N–H and O–H groups in total. The molecular formula is C22H43N3O5S. The van der Waals surface area contributed by atoms with Crippen molar-refractivity contribution in [1.82, 2.24) is 13.9 Å². The van der Waals surface area contributed by atoms with E-state index in [0.717, 1.165) is 19.3 Å². The van der Waals surface area contributed by atoms with E-state index in [-0.39, 0.29) is 12.6 Å². The predicted octanol–water partition coefficient (Wildman–Crippen LogP) is 3.87.